The number of imidazole rings is 1. The Hall–Kier alpha value is -3.78. The van der Waals surface area contributed by atoms with E-state index in [4.69, 9.17) is 4.74 Å². The van der Waals surface area contributed by atoms with Crippen LogP contribution in [0, 0.1) is 5.92 Å². The first-order valence-electron chi connectivity index (χ1n) is 10.2. The number of H-pyrrole nitrogens is 2. The molecule has 156 valence electrons. The number of aromatic nitrogens is 5. The fourth-order valence-electron chi connectivity index (χ4n) is 3.92. The van der Waals surface area contributed by atoms with Gasteiger partial charge in [-0.15, -0.1) is 0 Å². The SMILES string of the molecule is COC(CNC(=O)c1nc2cc3c(-c4ccncc4)n[nH]c3cc2[nH]1)C1C=CC=CC1. The average Bonchev–Trinajstić information content (AvgIpc) is 3.42. The number of nitrogens with one attached hydrogen (secondary N) is 3. The Morgan fingerprint density at radius 2 is 2.13 bits per heavy atom. The van der Waals surface area contributed by atoms with E-state index in [1.54, 1.807) is 19.5 Å². The van der Waals surface area contributed by atoms with Crippen molar-refractivity contribution < 1.29 is 9.53 Å². The van der Waals surface area contributed by atoms with Crippen LogP contribution >= 0.6 is 0 Å². The van der Waals surface area contributed by atoms with Crippen molar-refractivity contribution >= 4 is 27.8 Å². The third kappa shape index (κ3) is 3.73. The van der Waals surface area contributed by atoms with Gasteiger partial charge in [-0.1, -0.05) is 24.3 Å². The van der Waals surface area contributed by atoms with Crippen LogP contribution in [0.4, 0.5) is 0 Å². The summed E-state index contributed by atoms with van der Waals surface area (Å²) in [6.07, 6.45) is 12.5. The maximum absolute atomic E-state index is 12.7. The molecule has 2 atom stereocenters. The highest BCUT2D eigenvalue weighted by atomic mass is 16.5. The number of rotatable bonds is 6. The van der Waals surface area contributed by atoms with E-state index in [9.17, 15) is 4.79 Å². The maximum Gasteiger partial charge on any atom is 0.287 e. The Labute approximate surface area is 178 Å². The zero-order valence-electron chi connectivity index (χ0n) is 17.0. The molecule has 3 N–H and O–H groups in total. The predicted octanol–water partition coefficient (Wildman–Crippen LogP) is 3.38. The van der Waals surface area contributed by atoms with Crippen LogP contribution < -0.4 is 5.32 Å². The normalized spacial score (nSPS) is 16.7. The molecule has 1 aliphatic carbocycles. The number of aromatic amines is 2. The molecule has 3 aromatic heterocycles. The molecule has 0 saturated heterocycles. The van der Waals surface area contributed by atoms with Crippen LogP contribution in [0.1, 0.15) is 17.0 Å². The number of benzene rings is 1. The summed E-state index contributed by atoms with van der Waals surface area (Å²) >= 11 is 0. The second-order valence-corrected chi connectivity index (χ2v) is 7.51. The smallest absolute Gasteiger partial charge is 0.287 e. The number of allylic oxidation sites excluding steroid dienone is 3. The number of nitrogens with zero attached hydrogens (tertiary/aromatic N) is 3. The molecule has 1 aromatic carbocycles. The molecule has 0 saturated carbocycles. The summed E-state index contributed by atoms with van der Waals surface area (Å²) in [4.78, 5) is 24.4. The number of pyridine rings is 1. The average molecular weight is 414 g/mol. The summed E-state index contributed by atoms with van der Waals surface area (Å²) in [5.41, 5.74) is 4.13. The molecule has 1 amide bonds. The number of methoxy groups -OCH3 is 1. The Bertz CT molecular complexity index is 1290. The molecule has 8 heteroatoms. The quantitative estimate of drug-likeness (QED) is 0.448. The van der Waals surface area contributed by atoms with E-state index in [-0.39, 0.29) is 23.8 Å². The topological polar surface area (TPSA) is 109 Å². The van der Waals surface area contributed by atoms with Crippen LogP contribution in [-0.2, 0) is 4.74 Å². The van der Waals surface area contributed by atoms with Crippen molar-refractivity contribution in [3.8, 4) is 11.3 Å². The van der Waals surface area contributed by atoms with E-state index in [1.165, 1.54) is 0 Å². The van der Waals surface area contributed by atoms with Crippen LogP contribution in [-0.4, -0.2) is 50.8 Å². The van der Waals surface area contributed by atoms with Gasteiger partial charge in [0.1, 0.15) is 5.69 Å². The molecule has 0 fully saturated rings. The molecule has 8 nitrogen and oxygen atoms in total. The zero-order chi connectivity index (χ0) is 21.2. The summed E-state index contributed by atoms with van der Waals surface area (Å²) in [7, 11) is 1.67. The lowest BCUT2D eigenvalue weighted by Crippen LogP contribution is -2.37. The second-order valence-electron chi connectivity index (χ2n) is 7.51. The summed E-state index contributed by atoms with van der Waals surface area (Å²) < 4.78 is 5.59. The highest BCUT2D eigenvalue weighted by molar-refractivity contribution is 6.02. The summed E-state index contributed by atoms with van der Waals surface area (Å²) in [6.45, 7) is 0.409. The third-order valence-corrected chi connectivity index (χ3v) is 5.59. The molecule has 0 spiro atoms. The predicted molar refractivity (Wildman–Crippen MR) is 118 cm³/mol. The van der Waals surface area contributed by atoms with Crippen LogP contribution in [0.3, 0.4) is 0 Å². The van der Waals surface area contributed by atoms with Crippen LogP contribution in [0.25, 0.3) is 33.2 Å². The zero-order valence-corrected chi connectivity index (χ0v) is 17.0. The minimum atomic E-state index is -0.260. The molecular formula is C23H22N6O2. The molecule has 4 aromatic rings. The summed E-state index contributed by atoms with van der Waals surface area (Å²) in [5, 5.41) is 11.4. The maximum atomic E-state index is 12.7. The fraction of sp³-hybridized carbons (Fsp3) is 0.217. The van der Waals surface area contributed by atoms with Crippen molar-refractivity contribution in [1.82, 2.24) is 30.5 Å². The molecule has 2 unspecified atom stereocenters. The molecule has 0 radical (unpaired) electrons. The number of hydrogen-bond donors (Lipinski definition) is 3. The summed E-state index contributed by atoms with van der Waals surface area (Å²) in [6, 6.07) is 7.68. The van der Waals surface area contributed by atoms with Crippen molar-refractivity contribution in [2.24, 2.45) is 5.92 Å². The minimum absolute atomic E-state index is 0.0957. The van der Waals surface area contributed by atoms with Gasteiger partial charge in [-0.2, -0.15) is 5.10 Å². The van der Waals surface area contributed by atoms with Crippen molar-refractivity contribution in [3.05, 3.63) is 66.8 Å². The highest BCUT2D eigenvalue weighted by Crippen LogP contribution is 2.28. The lowest BCUT2D eigenvalue weighted by atomic mass is 9.94. The Balaban J connectivity index is 1.37. The van der Waals surface area contributed by atoms with Gasteiger partial charge in [-0.05, 0) is 30.7 Å². The van der Waals surface area contributed by atoms with Gasteiger partial charge in [0.15, 0.2) is 5.82 Å². The molecule has 3 heterocycles. The highest BCUT2D eigenvalue weighted by Gasteiger charge is 2.21. The van der Waals surface area contributed by atoms with Gasteiger partial charge < -0.3 is 15.0 Å². The van der Waals surface area contributed by atoms with Gasteiger partial charge in [0.2, 0.25) is 0 Å². The first-order valence-corrected chi connectivity index (χ1v) is 10.2. The van der Waals surface area contributed by atoms with Crippen LogP contribution in [0.15, 0.2) is 61.0 Å². The van der Waals surface area contributed by atoms with Gasteiger partial charge in [0.05, 0.1) is 22.7 Å². The number of carbonyl (C=O) groups is 1. The van der Waals surface area contributed by atoms with E-state index in [1.807, 2.05) is 36.4 Å². The first-order chi connectivity index (χ1) is 15.2. The molecule has 1 aliphatic rings. The fourth-order valence-corrected chi connectivity index (χ4v) is 3.92. The minimum Gasteiger partial charge on any atom is -0.379 e. The molecule has 0 aliphatic heterocycles. The lowest BCUT2D eigenvalue weighted by molar-refractivity contribution is 0.0632. The van der Waals surface area contributed by atoms with Gasteiger partial charge in [0.25, 0.3) is 5.91 Å². The van der Waals surface area contributed by atoms with E-state index >= 15 is 0 Å². The van der Waals surface area contributed by atoms with Gasteiger partial charge >= 0.3 is 0 Å². The van der Waals surface area contributed by atoms with E-state index in [0.29, 0.717) is 12.1 Å². The van der Waals surface area contributed by atoms with Crippen molar-refractivity contribution in [2.45, 2.75) is 12.5 Å². The first kappa shape index (κ1) is 19.2. The molecule has 5 rings (SSSR count). The molecular weight excluding hydrogens is 392 g/mol. The van der Waals surface area contributed by atoms with E-state index < -0.39 is 0 Å². The molecule has 0 bridgehead atoms. The number of hydrogen-bond acceptors (Lipinski definition) is 5. The van der Waals surface area contributed by atoms with Gasteiger partial charge in [0, 0.05) is 42.9 Å². The van der Waals surface area contributed by atoms with Crippen molar-refractivity contribution in [3.63, 3.8) is 0 Å². The Morgan fingerprint density at radius 1 is 1.26 bits per heavy atom. The standard InChI is InChI=1S/C23H22N6O2/c1-31-20(14-5-3-2-4-6-14)13-25-23(30)22-26-18-11-16-17(12-19(18)27-22)28-29-21(16)15-7-9-24-10-8-15/h2-5,7-12,14,20H,6,13H2,1H3,(H,25,30)(H,26,27)(H,28,29). The number of fused-ring (bicyclic) bond motifs is 2. The molecule has 31 heavy (non-hydrogen) atoms. The lowest BCUT2D eigenvalue weighted by Gasteiger charge is -2.23. The number of ether oxygens (including phenoxy) is 1. The third-order valence-electron chi connectivity index (χ3n) is 5.59. The number of carbonyl (C=O) groups excluding carboxylic acids is 1. The largest absolute Gasteiger partial charge is 0.379 e. The van der Waals surface area contributed by atoms with Crippen LogP contribution in [0.2, 0.25) is 0 Å². The van der Waals surface area contributed by atoms with E-state index in [2.05, 4.69) is 42.6 Å². The van der Waals surface area contributed by atoms with E-state index in [0.717, 1.165) is 34.1 Å². The van der Waals surface area contributed by atoms with Crippen LogP contribution in [0.5, 0.6) is 0 Å². The Morgan fingerprint density at radius 3 is 2.90 bits per heavy atom. The van der Waals surface area contributed by atoms with Crippen molar-refractivity contribution in [2.75, 3.05) is 13.7 Å². The van der Waals surface area contributed by atoms with Gasteiger partial charge in [-0.25, -0.2) is 4.98 Å². The van der Waals surface area contributed by atoms with Crippen molar-refractivity contribution in [1.29, 1.82) is 0 Å². The Kier molecular flexibility index (Phi) is 5.05. The second kappa shape index (κ2) is 8.16. The summed E-state index contributed by atoms with van der Waals surface area (Å²) in [5.74, 6) is 0.255. The number of amides is 1. The van der Waals surface area contributed by atoms with Gasteiger partial charge in [-0.3, -0.25) is 14.9 Å². The monoisotopic (exact) mass is 414 g/mol.